The first-order valence-corrected chi connectivity index (χ1v) is 9.37. The molecule has 0 amide bonds. The summed E-state index contributed by atoms with van der Waals surface area (Å²) in [6, 6.07) is 3.06. The highest BCUT2D eigenvalue weighted by Crippen LogP contribution is 2.35. The summed E-state index contributed by atoms with van der Waals surface area (Å²) < 4.78 is 38.7. The minimum atomic E-state index is -3.64. The van der Waals surface area contributed by atoms with Crippen molar-refractivity contribution in [1.82, 2.24) is 10.0 Å². The highest BCUT2D eigenvalue weighted by atomic mass is 79.9. The van der Waals surface area contributed by atoms with Gasteiger partial charge in [0, 0.05) is 12.6 Å². The van der Waals surface area contributed by atoms with E-state index in [9.17, 15) is 8.42 Å². The molecule has 0 saturated carbocycles. The predicted molar refractivity (Wildman–Crippen MR) is 95.3 cm³/mol. The quantitative estimate of drug-likeness (QED) is 0.725. The number of piperidine rings is 1. The van der Waals surface area contributed by atoms with Crippen molar-refractivity contribution in [2.45, 2.75) is 17.7 Å². The van der Waals surface area contributed by atoms with Crippen LogP contribution in [0.25, 0.3) is 0 Å². The maximum atomic E-state index is 12.5. The Labute approximate surface area is 151 Å². The van der Waals surface area contributed by atoms with Gasteiger partial charge in [0.05, 0.1) is 18.7 Å². The molecule has 9 heteroatoms. The molecule has 0 spiro atoms. The molecule has 0 bridgehead atoms. The lowest BCUT2D eigenvalue weighted by Gasteiger charge is -2.23. The minimum Gasteiger partial charge on any atom is -0.495 e. The predicted octanol–water partition coefficient (Wildman–Crippen LogP) is 2.17. The van der Waals surface area contributed by atoms with E-state index >= 15 is 0 Å². The molecule has 1 unspecified atom stereocenters. The fraction of sp³-hybridized carbons (Fsp3) is 0.571. The zero-order valence-corrected chi connectivity index (χ0v) is 16.3. The second-order valence-electron chi connectivity index (χ2n) is 5.20. The molecule has 1 fully saturated rings. The van der Waals surface area contributed by atoms with Gasteiger partial charge in [-0.1, -0.05) is 0 Å². The Balaban J connectivity index is 0.00000264. The number of sulfonamides is 1. The molecular formula is C14H22BrClN2O4S. The number of rotatable bonds is 6. The molecule has 2 N–H and O–H groups in total. The lowest BCUT2D eigenvalue weighted by atomic mass is 10.0. The van der Waals surface area contributed by atoms with Gasteiger partial charge in [0.1, 0.15) is 16.4 Å². The Kier molecular flexibility index (Phi) is 8.09. The van der Waals surface area contributed by atoms with Crippen LogP contribution in [0.15, 0.2) is 21.5 Å². The number of halogens is 2. The van der Waals surface area contributed by atoms with Gasteiger partial charge in [-0.2, -0.15) is 0 Å². The first kappa shape index (κ1) is 20.5. The molecule has 132 valence electrons. The Bertz CT molecular complexity index is 621. The van der Waals surface area contributed by atoms with Gasteiger partial charge in [-0.25, -0.2) is 13.1 Å². The smallest absolute Gasteiger partial charge is 0.244 e. The molecule has 1 aromatic rings. The Hall–Kier alpha value is -0.540. The van der Waals surface area contributed by atoms with E-state index in [4.69, 9.17) is 9.47 Å². The van der Waals surface area contributed by atoms with E-state index in [0.717, 1.165) is 25.9 Å². The topological polar surface area (TPSA) is 76.7 Å². The number of nitrogens with one attached hydrogen (secondary N) is 2. The van der Waals surface area contributed by atoms with Crippen LogP contribution in [-0.4, -0.2) is 42.3 Å². The molecule has 0 aromatic heterocycles. The van der Waals surface area contributed by atoms with Crippen LogP contribution in [0.3, 0.4) is 0 Å². The number of ether oxygens (including phenoxy) is 2. The van der Waals surface area contributed by atoms with Gasteiger partial charge in [-0.3, -0.25) is 0 Å². The fourth-order valence-corrected chi connectivity index (χ4v) is 4.39. The summed E-state index contributed by atoms with van der Waals surface area (Å²) in [6.45, 7) is 2.26. The average molecular weight is 430 g/mol. The van der Waals surface area contributed by atoms with E-state index in [0.29, 0.717) is 22.7 Å². The lowest BCUT2D eigenvalue weighted by molar-refractivity contribution is 0.373. The van der Waals surface area contributed by atoms with E-state index in [1.807, 2.05) is 0 Å². The molecule has 1 heterocycles. The third-order valence-corrected chi connectivity index (χ3v) is 5.75. The molecule has 1 aliphatic heterocycles. The van der Waals surface area contributed by atoms with Gasteiger partial charge in [0.25, 0.3) is 0 Å². The summed E-state index contributed by atoms with van der Waals surface area (Å²) >= 11 is 3.31. The fourth-order valence-electron chi connectivity index (χ4n) is 2.45. The molecule has 23 heavy (non-hydrogen) atoms. The van der Waals surface area contributed by atoms with Crippen LogP contribution in [-0.2, 0) is 10.0 Å². The van der Waals surface area contributed by atoms with Crippen molar-refractivity contribution in [2.75, 3.05) is 33.9 Å². The number of hydrogen-bond donors (Lipinski definition) is 2. The zero-order chi connectivity index (χ0) is 16.2. The van der Waals surface area contributed by atoms with Gasteiger partial charge >= 0.3 is 0 Å². The van der Waals surface area contributed by atoms with Crippen LogP contribution in [0.4, 0.5) is 0 Å². The summed E-state index contributed by atoms with van der Waals surface area (Å²) in [5.41, 5.74) is 0. The Morgan fingerprint density at radius 3 is 2.57 bits per heavy atom. The molecule has 2 rings (SSSR count). The molecule has 1 aromatic carbocycles. The van der Waals surface area contributed by atoms with Crippen LogP contribution in [0.5, 0.6) is 11.5 Å². The van der Waals surface area contributed by atoms with Crippen molar-refractivity contribution >= 4 is 38.4 Å². The largest absolute Gasteiger partial charge is 0.495 e. The van der Waals surface area contributed by atoms with Crippen LogP contribution < -0.4 is 19.5 Å². The summed E-state index contributed by atoms with van der Waals surface area (Å²) in [7, 11) is -0.685. The van der Waals surface area contributed by atoms with Gasteiger partial charge < -0.3 is 14.8 Å². The molecule has 1 atom stereocenters. The molecule has 0 aliphatic carbocycles. The summed E-state index contributed by atoms with van der Waals surface area (Å²) in [5, 5.41) is 3.27. The normalized spacial score (nSPS) is 18.1. The van der Waals surface area contributed by atoms with Crippen LogP contribution >= 0.6 is 28.3 Å². The minimum absolute atomic E-state index is 0. The zero-order valence-electron chi connectivity index (χ0n) is 13.1. The van der Waals surface area contributed by atoms with Crippen molar-refractivity contribution in [3.63, 3.8) is 0 Å². The Morgan fingerprint density at radius 2 is 2.00 bits per heavy atom. The first-order valence-electron chi connectivity index (χ1n) is 7.10. The molecular weight excluding hydrogens is 408 g/mol. The van der Waals surface area contributed by atoms with E-state index in [2.05, 4.69) is 26.0 Å². The molecule has 6 nitrogen and oxygen atoms in total. The highest BCUT2D eigenvalue weighted by molar-refractivity contribution is 9.10. The maximum Gasteiger partial charge on any atom is 0.244 e. The van der Waals surface area contributed by atoms with Gasteiger partial charge in [0.15, 0.2) is 0 Å². The van der Waals surface area contributed by atoms with Gasteiger partial charge in [-0.05, 0) is 53.8 Å². The number of methoxy groups -OCH3 is 2. The van der Waals surface area contributed by atoms with Gasteiger partial charge in [-0.15, -0.1) is 12.4 Å². The van der Waals surface area contributed by atoms with Crippen molar-refractivity contribution < 1.29 is 17.9 Å². The van der Waals surface area contributed by atoms with Crippen molar-refractivity contribution in [3.8, 4) is 11.5 Å². The lowest BCUT2D eigenvalue weighted by Crippen LogP contribution is -2.38. The third-order valence-electron chi connectivity index (χ3n) is 3.69. The SMILES string of the molecule is COc1cc(OC)c(S(=O)(=O)NCC2CCCNC2)cc1Br.Cl. The second-order valence-corrected chi connectivity index (χ2v) is 7.79. The maximum absolute atomic E-state index is 12.5. The Morgan fingerprint density at radius 1 is 1.30 bits per heavy atom. The van der Waals surface area contributed by atoms with Crippen LogP contribution in [0, 0.1) is 5.92 Å². The summed E-state index contributed by atoms with van der Waals surface area (Å²) in [6.07, 6.45) is 2.10. The number of benzene rings is 1. The van der Waals surface area contributed by atoms with Crippen LogP contribution in [0.2, 0.25) is 0 Å². The third kappa shape index (κ3) is 5.22. The van der Waals surface area contributed by atoms with E-state index in [1.54, 1.807) is 6.07 Å². The van der Waals surface area contributed by atoms with E-state index in [1.165, 1.54) is 20.3 Å². The average Bonchev–Trinajstić information content (AvgIpc) is 2.53. The van der Waals surface area contributed by atoms with E-state index in [-0.39, 0.29) is 23.1 Å². The number of hydrogen-bond acceptors (Lipinski definition) is 5. The summed E-state index contributed by atoms with van der Waals surface area (Å²) in [5.74, 6) is 1.10. The van der Waals surface area contributed by atoms with Crippen molar-refractivity contribution in [1.29, 1.82) is 0 Å². The first-order chi connectivity index (χ1) is 10.5. The molecule has 1 saturated heterocycles. The van der Waals surface area contributed by atoms with Crippen LogP contribution in [0.1, 0.15) is 12.8 Å². The second kappa shape index (κ2) is 9.08. The van der Waals surface area contributed by atoms with E-state index < -0.39 is 10.0 Å². The monoisotopic (exact) mass is 428 g/mol. The van der Waals surface area contributed by atoms with Crippen molar-refractivity contribution in [2.24, 2.45) is 5.92 Å². The van der Waals surface area contributed by atoms with Gasteiger partial charge in [0.2, 0.25) is 10.0 Å². The standard InChI is InChI=1S/C14H21BrN2O4S.ClH/c1-20-12-7-13(21-2)14(6-11(12)15)22(18,19)17-9-10-4-3-5-16-8-10;/h6-7,10,16-17H,3-5,8-9H2,1-2H3;1H. The molecule has 0 radical (unpaired) electrons. The molecule has 1 aliphatic rings. The highest BCUT2D eigenvalue weighted by Gasteiger charge is 2.23. The summed E-state index contributed by atoms with van der Waals surface area (Å²) in [4.78, 5) is 0.103. The van der Waals surface area contributed by atoms with Crippen molar-refractivity contribution in [3.05, 3.63) is 16.6 Å².